The highest BCUT2D eigenvalue weighted by Gasteiger charge is 2.37. The minimum absolute atomic E-state index is 0.0438. The first kappa shape index (κ1) is 13.9. The van der Waals surface area contributed by atoms with Gasteiger partial charge in [0.25, 0.3) is 5.71 Å². The minimum Gasteiger partial charge on any atom is -0.455 e. The zero-order valence-electron chi connectivity index (χ0n) is 10.1. The SMILES string of the molecule is CC(=O)OCC1=[N+](O)CC(=C=O)C[C@@H]1OC(C)=O. The van der Waals surface area contributed by atoms with Gasteiger partial charge in [0, 0.05) is 20.3 Å². The number of hydroxylamine groups is 1. The van der Waals surface area contributed by atoms with Crippen molar-refractivity contribution in [2.45, 2.75) is 26.4 Å². The maximum Gasteiger partial charge on any atom is 0.303 e. The second-order valence-corrected chi connectivity index (χ2v) is 3.84. The molecule has 0 aromatic carbocycles. The molecule has 7 heteroatoms. The van der Waals surface area contributed by atoms with Crippen molar-refractivity contribution in [3.63, 3.8) is 0 Å². The fourth-order valence-corrected chi connectivity index (χ4v) is 1.58. The summed E-state index contributed by atoms with van der Waals surface area (Å²) in [5, 5.41) is 9.68. The zero-order valence-corrected chi connectivity index (χ0v) is 10.1. The Hall–Kier alpha value is -2.14. The normalized spacial score (nSPS) is 19.2. The van der Waals surface area contributed by atoms with E-state index < -0.39 is 18.0 Å². The lowest BCUT2D eigenvalue weighted by Crippen LogP contribution is -2.42. The van der Waals surface area contributed by atoms with Gasteiger partial charge in [0.2, 0.25) is 6.54 Å². The predicted molar refractivity (Wildman–Crippen MR) is 57.9 cm³/mol. The molecule has 1 rings (SSSR count). The number of esters is 2. The summed E-state index contributed by atoms with van der Waals surface area (Å²) in [6, 6.07) is 0. The number of ether oxygens (including phenoxy) is 2. The largest absolute Gasteiger partial charge is 0.455 e. The highest BCUT2D eigenvalue weighted by molar-refractivity contribution is 5.89. The van der Waals surface area contributed by atoms with E-state index in [1.165, 1.54) is 13.8 Å². The fourth-order valence-electron chi connectivity index (χ4n) is 1.58. The molecule has 1 N–H and O–H groups in total. The van der Waals surface area contributed by atoms with Crippen molar-refractivity contribution >= 4 is 23.6 Å². The lowest BCUT2D eigenvalue weighted by atomic mass is 10.0. The first-order chi connectivity index (χ1) is 8.43. The lowest BCUT2D eigenvalue weighted by molar-refractivity contribution is -0.773. The van der Waals surface area contributed by atoms with Gasteiger partial charge in [-0.1, -0.05) is 0 Å². The molecular formula is C11H14NO6+. The van der Waals surface area contributed by atoms with Crippen molar-refractivity contribution in [3.05, 3.63) is 5.57 Å². The van der Waals surface area contributed by atoms with Gasteiger partial charge in [-0.15, -0.1) is 0 Å². The van der Waals surface area contributed by atoms with Crippen molar-refractivity contribution < 1.29 is 33.8 Å². The van der Waals surface area contributed by atoms with E-state index in [9.17, 15) is 19.6 Å². The Morgan fingerprint density at radius 3 is 2.61 bits per heavy atom. The van der Waals surface area contributed by atoms with Crippen LogP contribution >= 0.6 is 0 Å². The van der Waals surface area contributed by atoms with Gasteiger partial charge in [0.15, 0.2) is 12.7 Å². The van der Waals surface area contributed by atoms with E-state index in [4.69, 9.17) is 9.47 Å². The second-order valence-electron chi connectivity index (χ2n) is 3.84. The predicted octanol–water partition coefficient (Wildman–Crippen LogP) is -0.514. The Kier molecular flexibility index (Phi) is 4.62. The Morgan fingerprint density at radius 1 is 1.44 bits per heavy atom. The second kappa shape index (κ2) is 5.97. The number of hydrogen-bond acceptors (Lipinski definition) is 6. The highest BCUT2D eigenvalue weighted by Crippen LogP contribution is 2.14. The fraction of sp³-hybridized carbons (Fsp3) is 0.545. The molecule has 18 heavy (non-hydrogen) atoms. The molecule has 0 aromatic heterocycles. The van der Waals surface area contributed by atoms with E-state index >= 15 is 0 Å². The highest BCUT2D eigenvalue weighted by atomic mass is 16.6. The molecule has 98 valence electrons. The van der Waals surface area contributed by atoms with Crippen LogP contribution in [0.5, 0.6) is 0 Å². The number of hydrogen-bond donors (Lipinski definition) is 1. The van der Waals surface area contributed by atoms with Gasteiger partial charge in [0.05, 0.1) is 5.57 Å². The number of carbonyl (C=O) groups excluding carboxylic acids is 3. The van der Waals surface area contributed by atoms with Crippen molar-refractivity contribution in [1.29, 1.82) is 0 Å². The summed E-state index contributed by atoms with van der Waals surface area (Å²) in [4.78, 5) is 32.3. The topological polar surface area (TPSA) is 92.9 Å². The maximum atomic E-state index is 10.9. The van der Waals surface area contributed by atoms with Gasteiger partial charge in [0.1, 0.15) is 5.94 Å². The van der Waals surface area contributed by atoms with E-state index in [1.54, 1.807) is 5.94 Å². The molecule has 0 amide bonds. The molecule has 0 saturated carbocycles. The molecule has 1 aliphatic rings. The average molecular weight is 256 g/mol. The van der Waals surface area contributed by atoms with Crippen molar-refractivity contribution in [3.8, 4) is 0 Å². The number of rotatable bonds is 3. The van der Waals surface area contributed by atoms with Crippen LogP contribution in [0.2, 0.25) is 0 Å². The van der Waals surface area contributed by atoms with Crippen molar-refractivity contribution in [2.24, 2.45) is 0 Å². The minimum atomic E-state index is -0.822. The molecule has 1 atom stereocenters. The lowest BCUT2D eigenvalue weighted by Gasteiger charge is -2.19. The third-order valence-corrected chi connectivity index (χ3v) is 2.35. The molecular weight excluding hydrogens is 242 g/mol. The van der Waals surface area contributed by atoms with Gasteiger partial charge in [-0.05, 0) is 4.74 Å². The summed E-state index contributed by atoms with van der Waals surface area (Å²) in [6.45, 7) is 2.19. The quantitative estimate of drug-likeness (QED) is 0.316. The van der Waals surface area contributed by atoms with E-state index in [2.05, 4.69) is 0 Å². The molecule has 1 aliphatic heterocycles. The van der Waals surface area contributed by atoms with Crippen LogP contribution in [0.25, 0.3) is 0 Å². The summed E-state index contributed by atoms with van der Waals surface area (Å²) in [7, 11) is 0. The average Bonchev–Trinajstić information content (AvgIpc) is 2.26. The Morgan fingerprint density at radius 2 is 2.11 bits per heavy atom. The van der Waals surface area contributed by atoms with Crippen molar-refractivity contribution in [2.75, 3.05) is 13.2 Å². The standard InChI is InChI=1S/C11H14NO6/c1-7(14)17-6-10-11(18-8(2)15)3-9(5-13)4-12(10)16/h11,16H,3-4,6H2,1-2H3/q+1/t11-/m0/s1. The van der Waals surface area contributed by atoms with Gasteiger partial charge < -0.3 is 9.47 Å². The van der Waals surface area contributed by atoms with Crippen LogP contribution in [0, 0.1) is 0 Å². The van der Waals surface area contributed by atoms with Crippen LogP contribution < -0.4 is 0 Å². The Bertz CT molecular complexity index is 446. The van der Waals surface area contributed by atoms with E-state index in [0.29, 0.717) is 0 Å². The van der Waals surface area contributed by atoms with E-state index in [1.807, 2.05) is 0 Å². The molecule has 0 aromatic rings. The molecule has 7 nitrogen and oxygen atoms in total. The summed E-state index contributed by atoms with van der Waals surface area (Å²) in [6.07, 6.45) is -0.687. The monoisotopic (exact) mass is 256 g/mol. The molecule has 0 aliphatic carbocycles. The molecule has 0 fully saturated rings. The van der Waals surface area contributed by atoms with Crippen LogP contribution in [-0.4, -0.2) is 52.8 Å². The van der Waals surface area contributed by atoms with E-state index in [0.717, 1.165) is 4.74 Å². The molecule has 0 bridgehead atoms. The van der Waals surface area contributed by atoms with Gasteiger partial charge in [-0.25, -0.2) is 4.79 Å². The number of nitrogens with zero attached hydrogens (tertiary/aromatic N) is 1. The Labute approximate surface area is 103 Å². The first-order valence-corrected chi connectivity index (χ1v) is 5.29. The van der Waals surface area contributed by atoms with Crippen LogP contribution in [0.4, 0.5) is 0 Å². The summed E-state index contributed by atoms with van der Waals surface area (Å²) >= 11 is 0. The van der Waals surface area contributed by atoms with Crippen LogP contribution in [0.1, 0.15) is 20.3 Å². The van der Waals surface area contributed by atoms with Crippen LogP contribution in [0.3, 0.4) is 0 Å². The van der Waals surface area contributed by atoms with Crippen molar-refractivity contribution in [1.82, 2.24) is 0 Å². The van der Waals surface area contributed by atoms with E-state index in [-0.39, 0.29) is 30.9 Å². The van der Waals surface area contributed by atoms with Gasteiger partial charge in [-0.2, -0.15) is 0 Å². The summed E-state index contributed by atoms with van der Waals surface area (Å²) < 4.78 is 10.5. The maximum absolute atomic E-state index is 10.9. The summed E-state index contributed by atoms with van der Waals surface area (Å²) in [5.74, 6) is 0.602. The first-order valence-electron chi connectivity index (χ1n) is 5.29. The van der Waals surface area contributed by atoms with Gasteiger partial charge in [-0.3, -0.25) is 14.8 Å². The van der Waals surface area contributed by atoms with Crippen LogP contribution in [0.15, 0.2) is 5.57 Å². The van der Waals surface area contributed by atoms with Gasteiger partial charge >= 0.3 is 11.9 Å². The Balaban J connectivity index is 2.93. The third kappa shape index (κ3) is 3.71. The smallest absolute Gasteiger partial charge is 0.303 e. The molecule has 0 unspecified atom stereocenters. The molecule has 0 radical (unpaired) electrons. The number of carbonyl (C=O) groups is 2. The molecule has 0 spiro atoms. The molecule has 0 saturated heterocycles. The zero-order chi connectivity index (χ0) is 13.7. The summed E-state index contributed by atoms with van der Waals surface area (Å²) in [5.41, 5.74) is 0.495. The van der Waals surface area contributed by atoms with Crippen LogP contribution in [-0.2, 0) is 23.9 Å². The third-order valence-electron chi connectivity index (χ3n) is 2.35. The molecule has 1 heterocycles.